The molecule has 0 spiro atoms. The number of guanidine groups is 2. The van der Waals surface area contributed by atoms with E-state index in [9.17, 15) is 107 Å². The first kappa shape index (κ1) is 99.1. The fraction of sp³-hybridized carbons (Fsp3) is 0.537. The number of nitrogens with zero attached hydrogens (tertiary/aromatic N) is 2. The van der Waals surface area contributed by atoms with Crippen molar-refractivity contribution < 1.29 is 107 Å². The Morgan fingerprint density at radius 2 is 1.05 bits per heavy atom. The molecule has 0 radical (unpaired) electrons. The Hall–Kier alpha value is -11.5. The van der Waals surface area contributed by atoms with E-state index >= 15 is 0 Å². The van der Waals surface area contributed by atoms with E-state index in [4.69, 9.17) is 39.5 Å². The number of aliphatic hydroxyl groups excluding tert-OH is 3. The molecule has 4 heterocycles. The van der Waals surface area contributed by atoms with Crippen LogP contribution in [0.4, 0.5) is 0 Å². The number of carbonyl (C=O) groups excluding carboxylic acids is 17. The van der Waals surface area contributed by atoms with Crippen molar-refractivity contribution >= 4 is 177 Å². The second kappa shape index (κ2) is 49.8. The molecular weight excluding hydrogens is 1760 g/mol. The molecule has 0 aliphatic carbocycles. The number of hydrogen-bond acceptors (Lipinski definition) is 27. The number of carboxylic acid groups (broad SMARTS) is 1. The molecule has 2 aliphatic heterocycles. The van der Waals surface area contributed by atoms with Crippen molar-refractivity contribution in [2.45, 2.75) is 166 Å². The first-order valence-electron chi connectivity index (χ1n) is 36.9. The SMILES string of the molecule is C[C@H](N)C(=O)N[C@H]1C[Se][Se]C[C@@H]2NC(=O)[C@H](CCCNC(=N)N)NC(=O)[C@H](CO)NC(=O)[C@H](Cc3c[nH]cn3)NC(=O)[C@H](CC(=O)O)NC(=O)[C@H](CCCNC(=N)N)NC(=O)[C@H](C)NC(=O)[C@H](Cc3c[nH]c4ccccc34)NC(=O)CN(C)C(=O)[C@H](CO)NC(=O)[C@H](CO)NC(=O)[C@H](CSSC[C@@H](C(N)=O)NC2=O)NC(=O)[C@H](CC(N)=O)NC1=O. The van der Waals surface area contributed by atoms with Gasteiger partial charge in [-0.2, -0.15) is 0 Å². The van der Waals surface area contributed by atoms with Crippen molar-refractivity contribution in [2.24, 2.45) is 28.7 Å². The number of fused-ring (bicyclic) bond motifs is 9. The van der Waals surface area contributed by atoms with Crippen molar-refractivity contribution in [3.63, 3.8) is 0 Å². The molecule has 120 heavy (non-hydrogen) atoms. The third-order valence-electron chi connectivity index (χ3n) is 17.7. The van der Waals surface area contributed by atoms with Crippen LogP contribution in [0.2, 0.25) is 10.6 Å². The molecular formula is C67H101N27O22S2Se2. The number of primary amides is 2. The number of rotatable bonds is 22. The number of likely N-dealkylation sites (N-methyl/N-ethyl adjacent to an activating group) is 1. The molecule has 2 fully saturated rings. The normalized spacial score (nSPS) is 25.3. The third-order valence-corrected chi connectivity index (χ3v) is 27.2. The van der Waals surface area contributed by atoms with Crippen LogP contribution < -0.4 is 114 Å². The number of aliphatic carboxylic acids is 1. The van der Waals surface area contributed by atoms with Crippen LogP contribution in [0.15, 0.2) is 43.0 Å². The number of carbonyl (C=O) groups is 18. The van der Waals surface area contributed by atoms with Crippen LogP contribution >= 0.6 is 21.6 Å². The number of amides is 17. The summed E-state index contributed by atoms with van der Waals surface area (Å²) >= 11 is -1.67. The summed E-state index contributed by atoms with van der Waals surface area (Å²) in [6.07, 6.45) is 0.0716. The second-order valence-corrected chi connectivity index (χ2v) is 37.3. The molecule has 1 aromatic carbocycles. The van der Waals surface area contributed by atoms with Crippen LogP contribution in [0.3, 0.4) is 0 Å². The van der Waals surface area contributed by atoms with E-state index in [1.807, 2.05) is 0 Å². The van der Waals surface area contributed by atoms with Crippen LogP contribution in [0.25, 0.3) is 10.9 Å². The first-order valence-corrected chi connectivity index (χ1v) is 46.1. The Kier molecular flexibility index (Phi) is 41.2. The number of imidazole rings is 1. The predicted octanol–water partition coefficient (Wildman–Crippen LogP) is -13.8. The van der Waals surface area contributed by atoms with Crippen LogP contribution in [-0.2, 0) is 99.1 Å². The molecule has 660 valence electrons. The average molecular weight is 1860 g/mol. The standard InChI is InChI=1S/C67H101N27O22S2Se2/c1-29(68)52(103)92-46-26-119-120-27-47-64(115)90-44(51(70)102)24-117-118-25-45(91-58(109)39(16-48(69)98)85-63(46)114)62(113)88-42(22-96)61(112)89-43(23-97)65(116)94(3)20-49(99)81-37(14-31-18-78-34-9-5-4-8-33(31)34)56(107)80-30(2)53(104)82-35(10-6-12-76-66(71)72)54(105)86-40(17-50(100)101)59(110)84-38(15-32-19-75-28-79-32)57(108)87-41(21-95)60(111)83-36(55(106)93-47)11-7-13-77-67(73)74/h4-5,8-9,18-19,28-30,35-47,78,95-97H,6-7,10-17,20-27,68H2,1-3H3,(H2,69,98)(H2,70,102)(H,75,79)(H,80,107)(H,81,99)(H,82,104)(H,83,111)(H,84,110)(H,85,114)(H,86,105)(H,87,108)(H,88,113)(H,89,112)(H,90,115)(H,91,109)(H,92,103)(H,93,106)(H,100,101)(H4,71,72,76)(H4,73,74,77)/t29-,30-,35-,36-,37-,38-,39-,40-,41-,42-,43-,44-,45-,46-,47-/m0/s1. The summed E-state index contributed by atoms with van der Waals surface area (Å²) in [6.45, 7) is -2.42. The number of aromatic amines is 2. The molecule has 2 saturated heterocycles. The molecule has 34 N–H and O–H groups in total. The monoisotopic (exact) mass is 1860 g/mol. The maximum atomic E-state index is 14.8. The van der Waals surface area contributed by atoms with Crippen LogP contribution in [0, 0.1) is 10.8 Å². The van der Waals surface area contributed by atoms with Gasteiger partial charge in [-0.15, -0.1) is 0 Å². The van der Waals surface area contributed by atoms with Crippen molar-refractivity contribution in [3.8, 4) is 0 Å². The maximum absolute atomic E-state index is 14.8. The van der Waals surface area contributed by atoms with Gasteiger partial charge in [0.05, 0.1) is 31.6 Å². The number of aromatic nitrogens is 3. The van der Waals surface area contributed by atoms with Crippen LogP contribution in [0.1, 0.15) is 63.6 Å². The Morgan fingerprint density at radius 1 is 0.567 bits per heavy atom. The summed E-state index contributed by atoms with van der Waals surface area (Å²) in [6, 6.07) is -19.9. The summed E-state index contributed by atoms with van der Waals surface area (Å²) in [5.74, 6) is -23.8. The predicted molar refractivity (Wildman–Crippen MR) is 429 cm³/mol. The molecule has 2 bridgehead atoms. The van der Waals surface area contributed by atoms with Gasteiger partial charge in [-0.05, 0) is 31.4 Å². The molecule has 2 aliphatic rings. The van der Waals surface area contributed by atoms with Crippen LogP contribution in [0.5, 0.6) is 0 Å². The molecule has 17 amide bonds. The zero-order valence-corrected chi connectivity index (χ0v) is 70.0. The molecule has 49 nitrogen and oxygen atoms in total. The number of nitrogens with two attached hydrogens (primary N) is 5. The summed E-state index contributed by atoms with van der Waals surface area (Å²) in [5, 5.41) is 95.6. The third kappa shape index (κ3) is 33.0. The molecule has 15 atom stereocenters. The van der Waals surface area contributed by atoms with Crippen molar-refractivity contribution in [1.82, 2.24) is 105 Å². The fourth-order valence-corrected chi connectivity index (χ4v) is 20.6. The van der Waals surface area contributed by atoms with Gasteiger partial charge >= 0.3 is 394 Å². The van der Waals surface area contributed by atoms with E-state index in [2.05, 4.69) is 100 Å². The van der Waals surface area contributed by atoms with E-state index in [-0.39, 0.29) is 61.5 Å². The fourth-order valence-electron chi connectivity index (χ4n) is 11.2. The van der Waals surface area contributed by atoms with Crippen molar-refractivity contribution in [1.29, 1.82) is 10.8 Å². The van der Waals surface area contributed by atoms with E-state index in [1.54, 1.807) is 24.3 Å². The van der Waals surface area contributed by atoms with Crippen molar-refractivity contribution in [3.05, 3.63) is 54.2 Å². The van der Waals surface area contributed by atoms with Gasteiger partial charge in [0.25, 0.3) is 0 Å². The van der Waals surface area contributed by atoms with Gasteiger partial charge in [-0.1, -0.05) is 18.2 Å². The van der Waals surface area contributed by atoms with Gasteiger partial charge in [0.15, 0.2) is 5.96 Å². The molecule has 2 aromatic heterocycles. The summed E-state index contributed by atoms with van der Waals surface area (Å²) < 4.78 is 0. The summed E-state index contributed by atoms with van der Waals surface area (Å²) in [4.78, 5) is 264. The Morgan fingerprint density at radius 3 is 1.63 bits per heavy atom. The van der Waals surface area contributed by atoms with E-state index in [1.165, 1.54) is 32.6 Å². The summed E-state index contributed by atoms with van der Waals surface area (Å²) in [5.41, 5.74) is 29.3. The number of hydrogen-bond donors (Lipinski definition) is 29. The number of para-hydroxylation sites is 1. The second-order valence-electron chi connectivity index (χ2n) is 27.2. The van der Waals surface area contributed by atoms with E-state index in [0.717, 1.165) is 17.8 Å². The number of benzene rings is 1. The van der Waals surface area contributed by atoms with Gasteiger partial charge < -0.3 is 67.8 Å². The van der Waals surface area contributed by atoms with Gasteiger partial charge in [-0.25, -0.2) is 4.98 Å². The minimum atomic E-state index is -2.11. The molecule has 0 unspecified atom stereocenters. The molecule has 5 rings (SSSR count). The van der Waals surface area contributed by atoms with Gasteiger partial charge in [-0.3, -0.25) is 43.8 Å². The number of nitrogens with one attached hydrogen (secondary N) is 20. The van der Waals surface area contributed by atoms with Gasteiger partial charge in [0.2, 0.25) is 35.4 Å². The van der Waals surface area contributed by atoms with Gasteiger partial charge in [0, 0.05) is 43.3 Å². The topological polar surface area (TPSA) is 806 Å². The average Bonchev–Trinajstić information content (AvgIpc) is 1.67. The van der Waals surface area contributed by atoms with Gasteiger partial charge in [0.1, 0.15) is 30.2 Å². The Labute approximate surface area is 703 Å². The number of carboxylic acids is 1. The first-order chi connectivity index (χ1) is 56.8. The quantitative estimate of drug-likeness (QED) is 0.0146. The molecule has 0 saturated carbocycles. The molecule has 3 aromatic rings. The Balaban J connectivity index is 1.66. The molecule has 53 heteroatoms. The zero-order valence-electron chi connectivity index (χ0n) is 65.0. The van der Waals surface area contributed by atoms with Crippen LogP contribution in [-0.4, -0.2) is 333 Å². The van der Waals surface area contributed by atoms with E-state index in [0.29, 0.717) is 32.2 Å². The van der Waals surface area contributed by atoms with E-state index < -0.39 is 292 Å². The minimum absolute atomic E-state index is 0.0576. The Bertz CT molecular complexity index is 4190. The number of H-pyrrole nitrogens is 2. The number of aliphatic hydroxyl groups is 3. The summed E-state index contributed by atoms with van der Waals surface area (Å²) in [7, 11) is 2.50. The van der Waals surface area contributed by atoms with Crippen molar-refractivity contribution in [2.75, 3.05) is 58.0 Å². The zero-order chi connectivity index (χ0) is 89.0.